The Kier molecular flexibility index (Phi) is 4.61. The molecule has 0 aromatic heterocycles. The van der Waals surface area contributed by atoms with Gasteiger partial charge in [-0.15, -0.1) is 6.58 Å². The van der Waals surface area contributed by atoms with E-state index in [1.54, 1.807) is 12.1 Å². The lowest BCUT2D eigenvalue weighted by atomic mass is 10.2. The van der Waals surface area contributed by atoms with E-state index in [0.29, 0.717) is 0 Å². The summed E-state index contributed by atoms with van der Waals surface area (Å²) in [5.41, 5.74) is 0.960. The molecule has 0 atom stereocenters. The summed E-state index contributed by atoms with van der Waals surface area (Å²) in [5, 5.41) is 0. The molecule has 2 aromatic carbocycles. The Hall–Kier alpha value is -2.21. The summed E-state index contributed by atoms with van der Waals surface area (Å²) in [6, 6.07) is 9.25. The maximum atomic E-state index is 13.4. The van der Waals surface area contributed by atoms with Gasteiger partial charge in [-0.3, -0.25) is 4.31 Å². The van der Waals surface area contributed by atoms with Crippen molar-refractivity contribution in [1.29, 1.82) is 0 Å². The van der Waals surface area contributed by atoms with Crippen LogP contribution in [0, 0.1) is 18.6 Å². The minimum atomic E-state index is -3.89. The van der Waals surface area contributed by atoms with Crippen molar-refractivity contribution in [3.05, 3.63) is 72.3 Å². The topological polar surface area (TPSA) is 37.4 Å². The van der Waals surface area contributed by atoms with Gasteiger partial charge in [0.05, 0.1) is 17.1 Å². The number of sulfonamides is 1. The number of nitrogens with zero attached hydrogens (tertiary/aromatic N) is 1. The van der Waals surface area contributed by atoms with E-state index in [9.17, 15) is 17.2 Å². The summed E-state index contributed by atoms with van der Waals surface area (Å²) in [5.74, 6) is -2.14. The fraction of sp³-hybridized carbons (Fsp3) is 0.125. The number of rotatable bonds is 5. The Balaban J connectivity index is 2.52. The summed E-state index contributed by atoms with van der Waals surface area (Å²) >= 11 is 0. The summed E-state index contributed by atoms with van der Waals surface area (Å²) in [4.78, 5) is 0.0738. The Morgan fingerprint density at radius 2 is 1.73 bits per heavy atom. The predicted octanol–water partition coefficient (Wildman–Crippen LogP) is 3.65. The van der Waals surface area contributed by atoms with Crippen LogP contribution in [0.25, 0.3) is 0 Å². The van der Waals surface area contributed by atoms with Gasteiger partial charge < -0.3 is 0 Å². The highest BCUT2D eigenvalue weighted by Gasteiger charge is 2.24. The van der Waals surface area contributed by atoms with Crippen molar-refractivity contribution >= 4 is 15.7 Å². The van der Waals surface area contributed by atoms with E-state index in [1.807, 2.05) is 6.92 Å². The van der Waals surface area contributed by atoms with Gasteiger partial charge in [0.1, 0.15) is 0 Å². The average Bonchev–Trinajstić information content (AvgIpc) is 2.48. The van der Waals surface area contributed by atoms with Crippen LogP contribution >= 0.6 is 0 Å². The highest BCUT2D eigenvalue weighted by molar-refractivity contribution is 7.92. The van der Waals surface area contributed by atoms with E-state index in [2.05, 4.69) is 6.58 Å². The third kappa shape index (κ3) is 3.17. The van der Waals surface area contributed by atoms with Crippen molar-refractivity contribution in [2.45, 2.75) is 11.8 Å². The van der Waals surface area contributed by atoms with Crippen LogP contribution in [0.1, 0.15) is 5.56 Å². The normalized spacial score (nSPS) is 11.2. The molecule has 0 saturated carbocycles. The number of halogens is 2. The van der Waals surface area contributed by atoms with E-state index in [1.165, 1.54) is 24.3 Å². The zero-order chi connectivity index (χ0) is 16.3. The maximum absolute atomic E-state index is 13.4. The highest BCUT2D eigenvalue weighted by atomic mass is 32.2. The fourth-order valence-electron chi connectivity index (χ4n) is 1.94. The molecular formula is C16H15F2NO2S. The third-order valence-corrected chi connectivity index (χ3v) is 4.90. The van der Waals surface area contributed by atoms with E-state index >= 15 is 0 Å². The Morgan fingerprint density at radius 3 is 2.27 bits per heavy atom. The van der Waals surface area contributed by atoms with Gasteiger partial charge in [0.2, 0.25) is 0 Å². The van der Waals surface area contributed by atoms with Crippen molar-refractivity contribution in [3.8, 4) is 0 Å². The van der Waals surface area contributed by atoms with Gasteiger partial charge in [-0.1, -0.05) is 23.8 Å². The Labute approximate surface area is 128 Å². The van der Waals surface area contributed by atoms with Gasteiger partial charge in [-0.05, 0) is 31.2 Å². The molecule has 2 aromatic rings. The lowest BCUT2D eigenvalue weighted by Gasteiger charge is -2.23. The van der Waals surface area contributed by atoms with Gasteiger partial charge in [-0.2, -0.15) is 0 Å². The minimum Gasteiger partial charge on any atom is -0.262 e. The summed E-state index contributed by atoms with van der Waals surface area (Å²) in [6.07, 6.45) is 1.38. The molecular weight excluding hydrogens is 308 g/mol. The van der Waals surface area contributed by atoms with Crippen molar-refractivity contribution in [2.24, 2.45) is 0 Å². The molecule has 0 amide bonds. The number of hydrogen-bond acceptors (Lipinski definition) is 2. The number of benzene rings is 2. The molecule has 22 heavy (non-hydrogen) atoms. The van der Waals surface area contributed by atoms with E-state index in [-0.39, 0.29) is 17.1 Å². The summed E-state index contributed by atoms with van der Waals surface area (Å²) < 4.78 is 52.8. The van der Waals surface area contributed by atoms with Gasteiger partial charge >= 0.3 is 0 Å². The van der Waals surface area contributed by atoms with Crippen LogP contribution in [0.4, 0.5) is 14.5 Å². The summed E-state index contributed by atoms with van der Waals surface area (Å²) in [6.45, 7) is 5.30. The molecule has 0 radical (unpaired) electrons. The standard InChI is InChI=1S/C16H15F2NO2S/c1-3-10-19(13-6-9-15(17)16(18)11-13)22(20,21)14-7-4-12(2)5-8-14/h3-9,11H,1,10H2,2H3. The first-order valence-electron chi connectivity index (χ1n) is 6.51. The molecule has 0 saturated heterocycles. The van der Waals surface area contributed by atoms with E-state index in [0.717, 1.165) is 22.0 Å². The SMILES string of the molecule is C=CCN(c1ccc(F)c(F)c1)S(=O)(=O)c1ccc(C)cc1. The van der Waals surface area contributed by atoms with Crippen molar-refractivity contribution < 1.29 is 17.2 Å². The van der Waals surface area contributed by atoms with Gasteiger partial charge in [0.15, 0.2) is 11.6 Å². The largest absolute Gasteiger partial charge is 0.264 e. The molecule has 116 valence electrons. The molecule has 0 heterocycles. The van der Waals surface area contributed by atoms with Gasteiger partial charge in [0.25, 0.3) is 10.0 Å². The van der Waals surface area contributed by atoms with Crippen LogP contribution in [0.15, 0.2) is 60.0 Å². The van der Waals surface area contributed by atoms with Gasteiger partial charge in [-0.25, -0.2) is 17.2 Å². The van der Waals surface area contributed by atoms with Gasteiger partial charge in [0, 0.05) is 6.07 Å². The first kappa shape index (κ1) is 16.2. The molecule has 0 unspecified atom stereocenters. The van der Waals surface area contributed by atoms with Crippen LogP contribution < -0.4 is 4.31 Å². The Bertz CT molecular complexity index is 786. The number of aryl methyl sites for hydroxylation is 1. The first-order valence-corrected chi connectivity index (χ1v) is 7.95. The second kappa shape index (κ2) is 6.27. The van der Waals surface area contributed by atoms with Crippen molar-refractivity contribution in [3.63, 3.8) is 0 Å². The molecule has 0 aliphatic rings. The molecule has 3 nitrogen and oxygen atoms in total. The summed E-state index contributed by atoms with van der Waals surface area (Å²) in [7, 11) is -3.89. The smallest absolute Gasteiger partial charge is 0.262 e. The third-order valence-electron chi connectivity index (χ3n) is 3.10. The average molecular weight is 323 g/mol. The second-order valence-corrected chi connectivity index (χ2v) is 6.60. The fourth-order valence-corrected chi connectivity index (χ4v) is 3.36. The molecule has 0 aliphatic carbocycles. The monoisotopic (exact) mass is 323 g/mol. The zero-order valence-electron chi connectivity index (χ0n) is 12.0. The van der Waals surface area contributed by atoms with Crippen LogP contribution in [0.2, 0.25) is 0 Å². The number of anilines is 1. The van der Waals surface area contributed by atoms with Crippen LogP contribution in [0.5, 0.6) is 0 Å². The molecule has 0 fully saturated rings. The van der Waals surface area contributed by atoms with Crippen molar-refractivity contribution in [2.75, 3.05) is 10.8 Å². The number of hydrogen-bond donors (Lipinski definition) is 0. The van der Waals surface area contributed by atoms with Crippen LogP contribution in [-0.4, -0.2) is 15.0 Å². The Morgan fingerprint density at radius 1 is 1.09 bits per heavy atom. The first-order chi connectivity index (χ1) is 10.4. The molecule has 0 bridgehead atoms. The molecule has 2 rings (SSSR count). The van der Waals surface area contributed by atoms with E-state index in [4.69, 9.17) is 0 Å². The molecule has 0 N–H and O–H groups in total. The van der Waals surface area contributed by atoms with Crippen LogP contribution in [-0.2, 0) is 10.0 Å². The van der Waals surface area contributed by atoms with E-state index < -0.39 is 21.7 Å². The highest BCUT2D eigenvalue weighted by Crippen LogP contribution is 2.25. The quantitative estimate of drug-likeness (QED) is 0.788. The molecule has 0 aliphatic heterocycles. The zero-order valence-corrected chi connectivity index (χ0v) is 12.8. The molecule has 6 heteroatoms. The van der Waals surface area contributed by atoms with Crippen molar-refractivity contribution in [1.82, 2.24) is 0 Å². The molecule has 0 spiro atoms. The second-order valence-electron chi connectivity index (χ2n) is 4.74. The minimum absolute atomic E-state index is 0.0411. The maximum Gasteiger partial charge on any atom is 0.264 e. The van der Waals surface area contributed by atoms with Crippen LogP contribution in [0.3, 0.4) is 0 Å². The lowest BCUT2D eigenvalue weighted by molar-refractivity contribution is 0.508. The predicted molar refractivity (Wildman–Crippen MR) is 82.3 cm³/mol. The lowest BCUT2D eigenvalue weighted by Crippen LogP contribution is -2.31.